The van der Waals surface area contributed by atoms with Gasteiger partial charge in [-0.1, -0.05) is 6.92 Å². The summed E-state index contributed by atoms with van der Waals surface area (Å²) in [5.41, 5.74) is 0. The van der Waals surface area contributed by atoms with Gasteiger partial charge in [-0.3, -0.25) is 4.90 Å². The lowest BCUT2D eigenvalue weighted by atomic mass is 9.97. The van der Waals surface area contributed by atoms with Crippen LogP contribution in [0.25, 0.3) is 0 Å². The summed E-state index contributed by atoms with van der Waals surface area (Å²) in [6.45, 7) is 5.91. The van der Waals surface area contributed by atoms with E-state index in [-0.39, 0.29) is 0 Å². The maximum Gasteiger partial charge on any atom is 0.120 e. The highest BCUT2D eigenvalue weighted by Gasteiger charge is 2.36. The molecular formula is C16H26N2O. The van der Waals surface area contributed by atoms with Gasteiger partial charge in [0.15, 0.2) is 0 Å². The summed E-state index contributed by atoms with van der Waals surface area (Å²) < 4.78 is 5.68. The third-order valence-electron chi connectivity index (χ3n) is 4.54. The van der Waals surface area contributed by atoms with Gasteiger partial charge < -0.3 is 9.73 Å². The molecule has 2 atom stereocenters. The van der Waals surface area contributed by atoms with Crippen LogP contribution < -0.4 is 5.32 Å². The van der Waals surface area contributed by atoms with Crippen molar-refractivity contribution in [1.82, 2.24) is 10.2 Å². The van der Waals surface area contributed by atoms with Gasteiger partial charge in [-0.15, -0.1) is 0 Å². The first kappa shape index (κ1) is 13.2. The van der Waals surface area contributed by atoms with Crippen molar-refractivity contribution in [3.63, 3.8) is 0 Å². The molecule has 2 fully saturated rings. The molecule has 1 saturated heterocycles. The van der Waals surface area contributed by atoms with Crippen molar-refractivity contribution < 1.29 is 4.42 Å². The van der Waals surface area contributed by atoms with E-state index in [4.69, 9.17) is 4.42 Å². The zero-order valence-electron chi connectivity index (χ0n) is 12.0. The first-order valence-electron chi connectivity index (χ1n) is 7.88. The lowest BCUT2D eigenvalue weighted by molar-refractivity contribution is 0.125. The van der Waals surface area contributed by atoms with E-state index in [1.165, 1.54) is 45.3 Å². The zero-order chi connectivity index (χ0) is 13.1. The van der Waals surface area contributed by atoms with Gasteiger partial charge in [0.1, 0.15) is 5.76 Å². The molecule has 3 heteroatoms. The molecule has 0 amide bonds. The highest BCUT2D eigenvalue weighted by atomic mass is 16.3. The van der Waals surface area contributed by atoms with Crippen LogP contribution in [0.4, 0.5) is 0 Å². The molecular weight excluding hydrogens is 236 g/mol. The highest BCUT2D eigenvalue weighted by Crippen LogP contribution is 2.37. The molecule has 3 rings (SSSR count). The molecule has 1 N–H and O–H groups in total. The lowest BCUT2D eigenvalue weighted by Gasteiger charge is -2.34. The van der Waals surface area contributed by atoms with Crippen molar-refractivity contribution in [2.24, 2.45) is 5.92 Å². The maximum atomic E-state index is 5.68. The summed E-state index contributed by atoms with van der Waals surface area (Å²) in [6.07, 6.45) is 8.41. The summed E-state index contributed by atoms with van der Waals surface area (Å²) in [5, 5.41) is 3.54. The van der Waals surface area contributed by atoms with E-state index in [9.17, 15) is 0 Å². The number of hydrogen-bond acceptors (Lipinski definition) is 3. The van der Waals surface area contributed by atoms with Gasteiger partial charge in [0, 0.05) is 12.6 Å². The Morgan fingerprint density at radius 3 is 2.89 bits per heavy atom. The van der Waals surface area contributed by atoms with Crippen molar-refractivity contribution in [3.8, 4) is 0 Å². The van der Waals surface area contributed by atoms with Crippen molar-refractivity contribution >= 4 is 0 Å². The van der Waals surface area contributed by atoms with Crippen molar-refractivity contribution in [2.45, 2.75) is 51.1 Å². The summed E-state index contributed by atoms with van der Waals surface area (Å²) in [5.74, 6) is 1.97. The van der Waals surface area contributed by atoms with Gasteiger partial charge in [0.2, 0.25) is 0 Å². The fraction of sp³-hybridized carbons (Fsp3) is 0.750. The number of piperidine rings is 1. The van der Waals surface area contributed by atoms with Gasteiger partial charge in [-0.2, -0.15) is 0 Å². The Balaban J connectivity index is 1.68. The SMILES string of the molecule is CCC(c1ccco1)N(CC1CCCNC1)C1CC1. The molecule has 1 aliphatic heterocycles. The van der Waals surface area contributed by atoms with E-state index < -0.39 is 0 Å². The molecule has 0 bridgehead atoms. The fourth-order valence-corrected chi connectivity index (χ4v) is 3.39. The van der Waals surface area contributed by atoms with Crippen LogP contribution in [0.3, 0.4) is 0 Å². The van der Waals surface area contributed by atoms with Crippen molar-refractivity contribution in [3.05, 3.63) is 24.2 Å². The predicted octanol–water partition coefficient (Wildman–Crippen LogP) is 3.19. The van der Waals surface area contributed by atoms with Crippen LogP contribution in [0.5, 0.6) is 0 Å². The lowest BCUT2D eigenvalue weighted by Crippen LogP contribution is -2.40. The summed E-state index contributed by atoms with van der Waals surface area (Å²) in [7, 11) is 0. The molecule has 1 aromatic heterocycles. The number of rotatable bonds is 6. The number of nitrogens with zero attached hydrogens (tertiary/aromatic N) is 1. The third kappa shape index (κ3) is 3.21. The molecule has 2 heterocycles. The predicted molar refractivity (Wildman–Crippen MR) is 77.1 cm³/mol. The second-order valence-corrected chi connectivity index (χ2v) is 6.08. The summed E-state index contributed by atoms with van der Waals surface area (Å²) in [6, 6.07) is 5.44. The Bertz CT molecular complexity index is 366. The molecule has 1 saturated carbocycles. The molecule has 0 radical (unpaired) electrons. The quantitative estimate of drug-likeness (QED) is 0.853. The van der Waals surface area contributed by atoms with Gasteiger partial charge in [-0.05, 0) is 63.2 Å². The second-order valence-electron chi connectivity index (χ2n) is 6.08. The van der Waals surface area contributed by atoms with E-state index >= 15 is 0 Å². The molecule has 3 nitrogen and oxygen atoms in total. The third-order valence-corrected chi connectivity index (χ3v) is 4.54. The number of furan rings is 1. The van der Waals surface area contributed by atoms with E-state index in [1.807, 2.05) is 12.3 Å². The first-order valence-corrected chi connectivity index (χ1v) is 7.88. The smallest absolute Gasteiger partial charge is 0.120 e. The van der Waals surface area contributed by atoms with Crippen molar-refractivity contribution in [1.29, 1.82) is 0 Å². The van der Waals surface area contributed by atoms with E-state index in [1.54, 1.807) is 0 Å². The molecule has 0 aromatic carbocycles. The van der Waals surface area contributed by atoms with Crippen LogP contribution in [0.15, 0.2) is 22.8 Å². The molecule has 0 spiro atoms. The standard InChI is InChI=1S/C16H26N2O/c1-2-15(16-6-4-10-19-16)18(14-7-8-14)12-13-5-3-9-17-11-13/h4,6,10,13-15,17H,2-3,5,7-9,11-12H2,1H3. The monoisotopic (exact) mass is 262 g/mol. The first-order chi connectivity index (χ1) is 9.38. The van der Waals surface area contributed by atoms with Gasteiger partial charge in [-0.25, -0.2) is 0 Å². The Hall–Kier alpha value is -0.800. The molecule has 19 heavy (non-hydrogen) atoms. The summed E-state index contributed by atoms with van der Waals surface area (Å²) >= 11 is 0. The Morgan fingerprint density at radius 1 is 1.42 bits per heavy atom. The minimum atomic E-state index is 0.476. The van der Waals surface area contributed by atoms with Gasteiger partial charge in [0.05, 0.1) is 12.3 Å². The molecule has 2 unspecified atom stereocenters. The topological polar surface area (TPSA) is 28.4 Å². The second kappa shape index (κ2) is 6.10. The normalized spacial score (nSPS) is 25.7. The largest absolute Gasteiger partial charge is 0.468 e. The Labute approximate surface area is 116 Å². The van der Waals surface area contributed by atoms with Crippen LogP contribution in [0.1, 0.15) is 50.8 Å². The molecule has 1 aromatic rings. The molecule has 106 valence electrons. The van der Waals surface area contributed by atoms with Crippen molar-refractivity contribution in [2.75, 3.05) is 19.6 Å². The van der Waals surface area contributed by atoms with Crippen LogP contribution in [0.2, 0.25) is 0 Å². The van der Waals surface area contributed by atoms with Gasteiger partial charge in [0.25, 0.3) is 0 Å². The Morgan fingerprint density at radius 2 is 2.32 bits per heavy atom. The van der Waals surface area contributed by atoms with E-state index in [2.05, 4.69) is 23.2 Å². The summed E-state index contributed by atoms with van der Waals surface area (Å²) in [4.78, 5) is 2.72. The van der Waals surface area contributed by atoms with Crippen LogP contribution in [-0.2, 0) is 0 Å². The fourth-order valence-electron chi connectivity index (χ4n) is 3.39. The van der Waals surface area contributed by atoms with E-state index in [0.717, 1.165) is 24.1 Å². The minimum Gasteiger partial charge on any atom is -0.468 e. The Kier molecular flexibility index (Phi) is 4.24. The van der Waals surface area contributed by atoms with Crippen LogP contribution in [0, 0.1) is 5.92 Å². The van der Waals surface area contributed by atoms with Crippen LogP contribution >= 0.6 is 0 Å². The average molecular weight is 262 g/mol. The highest BCUT2D eigenvalue weighted by molar-refractivity contribution is 5.07. The van der Waals surface area contributed by atoms with Gasteiger partial charge >= 0.3 is 0 Å². The molecule has 2 aliphatic rings. The maximum absolute atomic E-state index is 5.68. The number of hydrogen-bond donors (Lipinski definition) is 1. The molecule has 1 aliphatic carbocycles. The van der Waals surface area contributed by atoms with E-state index in [0.29, 0.717) is 6.04 Å². The minimum absolute atomic E-state index is 0.476. The average Bonchev–Trinajstić information content (AvgIpc) is 3.16. The zero-order valence-corrected chi connectivity index (χ0v) is 12.0. The van der Waals surface area contributed by atoms with Crippen LogP contribution in [-0.4, -0.2) is 30.6 Å². The number of nitrogens with one attached hydrogen (secondary N) is 1.